The summed E-state index contributed by atoms with van der Waals surface area (Å²) in [6, 6.07) is 7.75. The molecule has 0 bridgehead atoms. The highest BCUT2D eigenvalue weighted by Crippen LogP contribution is 2.16. The second-order valence-electron chi connectivity index (χ2n) is 4.47. The second kappa shape index (κ2) is 8.99. The van der Waals surface area contributed by atoms with E-state index in [1.54, 1.807) is 6.92 Å². The van der Waals surface area contributed by atoms with Crippen LogP contribution in [0.4, 0.5) is 0 Å². The number of carbonyl (C=O) groups is 1. The normalized spacial score (nSPS) is 13.9. The van der Waals surface area contributed by atoms with E-state index in [1.807, 2.05) is 24.3 Å². The van der Waals surface area contributed by atoms with Gasteiger partial charge in [-0.2, -0.15) is 0 Å². The van der Waals surface area contributed by atoms with E-state index in [0.29, 0.717) is 5.84 Å². The first-order valence-electron chi connectivity index (χ1n) is 6.41. The highest BCUT2D eigenvalue weighted by atomic mass is 127. The van der Waals surface area contributed by atoms with Crippen molar-refractivity contribution in [2.24, 2.45) is 15.7 Å². The lowest BCUT2D eigenvalue weighted by Crippen LogP contribution is -2.27. The lowest BCUT2D eigenvalue weighted by molar-refractivity contribution is -0.117. The first-order chi connectivity index (χ1) is 9.86. The molecule has 0 aliphatic rings. The van der Waals surface area contributed by atoms with Gasteiger partial charge in [-0.05, 0) is 37.5 Å². The van der Waals surface area contributed by atoms with E-state index in [1.165, 1.54) is 6.92 Å². The fraction of sp³-hybridized carbons (Fsp3) is 0.357. The molecule has 0 radical (unpaired) electrons. The summed E-state index contributed by atoms with van der Waals surface area (Å²) in [4.78, 5) is 19.1. The van der Waals surface area contributed by atoms with Crippen LogP contribution in [-0.4, -0.2) is 21.8 Å². The Morgan fingerprint density at radius 2 is 2.19 bits per heavy atom. The molecule has 1 rings (SSSR count). The number of rotatable bonds is 4. The summed E-state index contributed by atoms with van der Waals surface area (Å²) in [5.41, 5.74) is 6.89. The highest BCUT2D eigenvalue weighted by Gasteiger charge is 2.04. The van der Waals surface area contributed by atoms with Crippen molar-refractivity contribution in [3.05, 3.63) is 34.9 Å². The number of carbonyl (C=O) groups excluding carboxylic acids is 1. The Bertz CT molecular complexity index is 560. The summed E-state index contributed by atoms with van der Waals surface area (Å²) in [5, 5.41) is 3.28. The number of benzene rings is 1. The van der Waals surface area contributed by atoms with Gasteiger partial charge < -0.3 is 11.1 Å². The van der Waals surface area contributed by atoms with Gasteiger partial charge in [0.15, 0.2) is 0 Å². The van der Waals surface area contributed by atoms with Gasteiger partial charge in [-0.25, -0.2) is 9.98 Å². The number of guanidine groups is 1. The van der Waals surface area contributed by atoms with Crippen molar-refractivity contribution < 1.29 is 4.79 Å². The molecule has 3 N–H and O–H groups in total. The molecule has 1 amide bonds. The third-order valence-corrected chi connectivity index (χ3v) is 3.61. The molecule has 0 aromatic heterocycles. The number of alkyl halides is 1. The summed E-state index contributed by atoms with van der Waals surface area (Å²) in [6.45, 7) is 3.08. The monoisotopic (exact) mass is 420 g/mol. The van der Waals surface area contributed by atoms with Crippen LogP contribution in [0, 0.1) is 0 Å². The third-order valence-electron chi connectivity index (χ3n) is 2.47. The Labute approximate surface area is 143 Å². The van der Waals surface area contributed by atoms with Gasteiger partial charge in [-0.15, -0.1) is 0 Å². The smallest absolute Gasteiger partial charge is 0.222 e. The van der Waals surface area contributed by atoms with Crippen LogP contribution in [0.3, 0.4) is 0 Å². The van der Waals surface area contributed by atoms with Gasteiger partial charge in [0.25, 0.3) is 0 Å². The molecule has 21 heavy (non-hydrogen) atoms. The zero-order valence-corrected chi connectivity index (χ0v) is 14.9. The largest absolute Gasteiger partial charge is 0.368 e. The first kappa shape index (κ1) is 17.9. The van der Waals surface area contributed by atoms with Crippen LogP contribution in [0.2, 0.25) is 5.02 Å². The Kier molecular flexibility index (Phi) is 7.66. The van der Waals surface area contributed by atoms with Crippen LogP contribution >= 0.6 is 34.2 Å². The molecule has 0 saturated carbocycles. The molecule has 0 heterocycles. The van der Waals surface area contributed by atoms with Crippen LogP contribution in [0.1, 0.15) is 25.8 Å². The molecular weight excluding hydrogens is 403 g/mol. The molecule has 1 aromatic carbocycles. The SMILES string of the molecule is CC(=O)N/C(C)=N/C(N)=N/[C@H](I)CCc1cccc(Cl)c1. The van der Waals surface area contributed by atoms with E-state index in [-0.39, 0.29) is 15.9 Å². The highest BCUT2D eigenvalue weighted by molar-refractivity contribution is 14.1. The molecule has 0 fully saturated rings. The molecule has 5 nitrogen and oxygen atoms in total. The number of aryl methyl sites for hydroxylation is 1. The van der Waals surface area contributed by atoms with Gasteiger partial charge in [0, 0.05) is 11.9 Å². The zero-order valence-electron chi connectivity index (χ0n) is 11.9. The predicted molar refractivity (Wildman–Crippen MR) is 96.1 cm³/mol. The van der Waals surface area contributed by atoms with Crippen molar-refractivity contribution in [2.75, 3.05) is 0 Å². The van der Waals surface area contributed by atoms with E-state index >= 15 is 0 Å². The maximum absolute atomic E-state index is 10.9. The van der Waals surface area contributed by atoms with Gasteiger partial charge in [0.1, 0.15) is 9.88 Å². The van der Waals surface area contributed by atoms with Gasteiger partial charge in [0.2, 0.25) is 11.9 Å². The number of aliphatic imine (C=N–C) groups is 2. The number of amides is 1. The lowest BCUT2D eigenvalue weighted by Gasteiger charge is -2.06. The van der Waals surface area contributed by atoms with Crippen LogP contribution < -0.4 is 11.1 Å². The minimum Gasteiger partial charge on any atom is -0.368 e. The molecule has 114 valence electrons. The Balaban J connectivity index is 2.53. The molecule has 0 saturated heterocycles. The average molecular weight is 421 g/mol. The quantitative estimate of drug-likeness (QED) is 0.258. The van der Waals surface area contributed by atoms with Crippen molar-refractivity contribution in [1.82, 2.24) is 5.32 Å². The number of nitrogens with two attached hydrogens (primary N) is 1. The maximum atomic E-state index is 10.9. The fourth-order valence-corrected chi connectivity index (χ4v) is 2.48. The van der Waals surface area contributed by atoms with Gasteiger partial charge in [-0.3, -0.25) is 4.79 Å². The number of hydrogen-bond acceptors (Lipinski definition) is 2. The van der Waals surface area contributed by atoms with E-state index in [9.17, 15) is 4.79 Å². The van der Waals surface area contributed by atoms with Crippen molar-refractivity contribution in [3.8, 4) is 0 Å². The Morgan fingerprint density at radius 1 is 1.48 bits per heavy atom. The van der Waals surface area contributed by atoms with E-state index in [4.69, 9.17) is 17.3 Å². The van der Waals surface area contributed by atoms with Gasteiger partial charge >= 0.3 is 0 Å². The molecule has 1 atom stereocenters. The summed E-state index contributed by atoms with van der Waals surface area (Å²) >= 11 is 8.15. The standard InChI is InChI=1S/C14H18ClIN4O/c1-9(18-10(2)21)19-14(17)20-13(16)7-6-11-4-3-5-12(15)8-11/h3-5,8,13H,6-7H2,1-2H3,(H3,17,18,19,20,21)/t13-/m0/s1. The van der Waals surface area contributed by atoms with Crippen molar-refractivity contribution in [2.45, 2.75) is 30.7 Å². The summed E-state index contributed by atoms with van der Waals surface area (Å²) in [6.07, 6.45) is 1.69. The van der Waals surface area contributed by atoms with Crippen LogP contribution in [0.25, 0.3) is 0 Å². The van der Waals surface area contributed by atoms with E-state index < -0.39 is 0 Å². The van der Waals surface area contributed by atoms with E-state index in [0.717, 1.165) is 23.4 Å². The average Bonchev–Trinajstić information content (AvgIpc) is 2.35. The first-order valence-corrected chi connectivity index (χ1v) is 8.04. The molecule has 0 aliphatic heterocycles. The molecule has 7 heteroatoms. The second-order valence-corrected chi connectivity index (χ2v) is 6.34. The van der Waals surface area contributed by atoms with Crippen LogP contribution in [0.5, 0.6) is 0 Å². The maximum Gasteiger partial charge on any atom is 0.222 e. The number of amidine groups is 1. The summed E-state index contributed by atoms with van der Waals surface area (Å²) in [7, 11) is 0. The third kappa shape index (κ3) is 8.01. The number of hydrogen-bond donors (Lipinski definition) is 2. The fourth-order valence-electron chi connectivity index (χ4n) is 1.67. The van der Waals surface area contributed by atoms with Crippen molar-refractivity contribution >= 4 is 51.9 Å². The van der Waals surface area contributed by atoms with Crippen molar-refractivity contribution in [1.29, 1.82) is 0 Å². The molecule has 1 aromatic rings. The number of halogens is 2. The van der Waals surface area contributed by atoms with Gasteiger partial charge in [-0.1, -0.05) is 46.3 Å². The predicted octanol–water partition coefficient (Wildman–Crippen LogP) is 2.90. The molecule has 0 aliphatic carbocycles. The molecule has 0 unspecified atom stereocenters. The minimum absolute atomic E-state index is 0.00968. The minimum atomic E-state index is -0.184. The number of nitrogens with one attached hydrogen (secondary N) is 1. The number of nitrogens with zero attached hydrogens (tertiary/aromatic N) is 2. The topological polar surface area (TPSA) is 79.8 Å². The van der Waals surface area contributed by atoms with Crippen molar-refractivity contribution in [3.63, 3.8) is 0 Å². The zero-order chi connectivity index (χ0) is 15.8. The Morgan fingerprint density at radius 3 is 2.81 bits per heavy atom. The summed E-state index contributed by atoms with van der Waals surface area (Å²) in [5.74, 6) is 0.407. The van der Waals surface area contributed by atoms with E-state index in [2.05, 4.69) is 37.9 Å². The van der Waals surface area contributed by atoms with Crippen LogP contribution in [-0.2, 0) is 11.2 Å². The Hall–Kier alpha value is -1.15. The van der Waals surface area contributed by atoms with Crippen LogP contribution in [0.15, 0.2) is 34.3 Å². The lowest BCUT2D eigenvalue weighted by atomic mass is 10.1. The molecular formula is C14H18ClIN4O. The summed E-state index contributed by atoms with van der Waals surface area (Å²) < 4.78 is 0.00968. The van der Waals surface area contributed by atoms with Gasteiger partial charge in [0.05, 0.1) is 0 Å². The molecule has 0 spiro atoms.